The Labute approximate surface area is 171 Å². The Morgan fingerprint density at radius 3 is 2.21 bits per heavy atom. The van der Waals surface area contributed by atoms with Crippen LogP contribution in [-0.4, -0.2) is 32.7 Å². The normalized spacial score (nSPS) is 10.6. The van der Waals surface area contributed by atoms with Gasteiger partial charge in [0.25, 0.3) is 5.91 Å². The van der Waals surface area contributed by atoms with Crippen LogP contribution in [0, 0.1) is 0 Å². The van der Waals surface area contributed by atoms with Crippen molar-refractivity contribution in [1.82, 2.24) is 0 Å². The molecule has 1 N–H and O–H groups in total. The first-order valence-electron chi connectivity index (χ1n) is 9.50. The first kappa shape index (κ1) is 22.0. The quantitative estimate of drug-likeness (QED) is 0.511. The highest BCUT2D eigenvalue weighted by atomic mass is 16.5. The van der Waals surface area contributed by atoms with Crippen LogP contribution in [0.15, 0.2) is 42.5 Å². The molecule has 0 aliphatic heterocycles. The van der Waals surface area contributed by atoms with Gasteiger partial charge in [-0.25, -0.2) is 4.79 Å². The van der Waals surface area contributed by atoms with Crippen LogP contribution in [0.5, 0.6) is 11.5 Å². The Morgan fingerprint density at radius 2 is 1.62 bits per heavy atom. The number of methoxy groups -OCH3 is 2. The van der Waals surface area contributed by atoms with Crippen molar-refractivity contribution in [2.24, 2.45) is 0 Å². The van der Waals surface area contributed by atoms with Gasteiger partial charge in [-0.05, 0) is 36.1 Å². The third kappa shape index (κ3) is 5.85. The van der Waals surface area contributed by atoms with E-state index in [1.54, 1.807) is 31.4 Å². The zero-order valence-corrected chi connectivity index (χ0v) is 17.3. The van der Waals surface area contributed by atoms with Crippen molar-refractivity contribution in [1.29, 1.82) is 0 Å². The summed E-state index contributed by atoms with van der Waals surface area (Å²) in [4.78, 5) is 24.3. The molecule has 0 aromatic heterocycles. The van der Waals surface area contributed by atoms with E-state index in [2.05, 4.69) is 5.32 Å². The maximum Gasteiger partial charge on any atom is 0.331 e. The average Bonchev–Trinajstić information content (AvgIpc) is 2.75. The van der Waals surface area contributed by atoms with Crippen LogP contribution in [-0.2, 0) is 27.2 Å². The molecule has 1 amide bonds. The lowest BCUT2D eigenvalue weighted by Gasteiger charge is -2.14. The minimum absolute atomic E-state index is 0.361. The third-order valence-corrected chi connectivity index (χ3v) is 4.44. The Morgan fingerprint density at radius 1 is 0.966 bits per heavy atom. The van der Waals surface area contributed by atoms with Gasteiger partial charge in [0.1, 0.15) is 0 Å². The minimum Gasteiger partial charge on any atom is -0.493 e. The number of benzene rings is 2. The number of hydrogen-bond donors (Lipinski definition) is 1. The Hall–Kier alpha value is -3.28. The highest BCUT2D eigenvalue weighted by Crippen LogP contribution is 2.31. The lowest BCUT2D eigenvalue weighted by atomic mass is 10.0. The molecule has 0 aliphatic carbocycles. The summed E-state index contributed by atoms with van der Waals surface area (Å²) < 4.78 is 15.6. The molecule has 154 valence electrons. The predicted octanol–water partition coefficient (Wildman–Crippen LogP) is 4.02. The van der Waals surface area contributed by atoms with Gasteiger partial charge in [0.2, 0.25) is 0 Å². The van der Waals surface area contributed by atoms with Crippen molar-refractivity contribution in [2.45, 2.75) is 26.7 Å². The van der Waals surface area contributed by atoms with Crippen LogP contribution in [0.25, 0.3) is 6.08 Å². The van der Waals surface area contributed by atoms with Crippen molar-refractivity contribution in [2.75, 3.05) is 26.1 Å². The number of carbonyl (C=O) groups excluding carboxylic acids is 2. The van der Waals surface area contributed by atoms with Crippen LogP contribution >= 0.6 is 0 Å². The Balaban J connectivity index is 1.98. The van der Waals surface area contributed by atoms with Gasteiger partial charge < -0.3 is 19.5 Å². The van der Waals surface area contributed by atoms with Gasteiger partial charge in [0, 0.05) is 17.3 Å². The number of hydrogen-bond acceptors (Lipinski definition) is 5. The van der Waals surface area contributed by atoms with Crippen molar-refractivity contribution >= 4 is 23.6 Å². The summed E-state index contributed by atoms with van der Waals surface area (Å²) >= 11 is 0. The zero-order chi connectivity index (χ0) is 21.2. The summed E-state index contributed by atoms with van der Waals surface area (Å²) in [6.07, 6.45) is 4.41. The SMILES string of the molecule is CCc1cccc(CC)c1NC(=O)COC(=O)/C=C/c1cccc(OC)c1OC. The van der Waals surface area contributed by atoms with E-state index in [4.69, 9.17) is 14.2 Å². The fourth-order valence-electron chi connectivity index (χ4n) is 2.96. The van der Waals surface area contributed by atoms with Gasteiger partial charge in [0.05, 0.1) is 14.2 Å². The van der Waals surface area contributed by atoms with Crippen molar-refractivity contribution in [3.8, 4) is 11.5 Å². The van der Waals surface area contributed by atoms with Crippen LogP contribution < -0.4 is 14.8 Å². The minimum atomic E-state index is -0.621. The number of aryl methyl sites for hydroxylation is 2. The average molecular weight is 397 g/mol. The first-order valence-corrected chi connectivity index (χ1v) is 9.50. The number of ether oxygens (including phenoxy) is 3. The summed E-state index contributed by atoms with van der Waals surface area (Å²) in [7, 11) is 3.06. The molecule has 0 atom stereocenters. The highest BCUT2D eigenvalue weighted by Gasteiger charge is 2.12. The number of nitrogens with one attached hydrogen (secondary N) is 1. The van der Waals surface area contributed by atoms with Crippen molar-refractivity contribution < 1.29 is 23.8 Å². The van der Waals surface area contributed by atoms with E-state index in [1.165, 1.54) is 13.2 Å². The van der Waals surface area contributed by atoms with E-state index < -0.39 is 5.97 Å². The fraction of sp³-hybridized carbons (Fsp3) is 0.304. The molecule has 0 saturated carbocycles. The predicted molar refractivity (Wildman–Crippen MR) is 113 cm³/mol. The summed E-state index contributed by atoms with van der Waals surface area (Å²) in [6.45, 7) is 3.70. The molecule has 0 radical (unpaired) electrons. The molecule has 2 rings (SSSR count). The second kappa shape index (κ2) is 10.9. The van der Waals surface area contributed by atoms with E-state index in [-0.39, 0.29) is 12.5 Å². The molecular formula is C23H27NO5. The Bertz CT molecular complexity index is 867. The van der Waals surface area contributed by atoms with E-state index >= 15 is 0 Å². The largest absolute Gasteiger partial charge is 0.493 e. The van der Waals surface area contributed by atoms with Crippen LogP contribution in [0.2, 0.25) is 0 Å². The molecule has 0 spiro atoms. The number of para-hydroxylation sites is 2. The molecular weight excluding hydrogens is 370 g/mol. The molecule has 0 fully saturated rings. The van der Waals surface area contributed by atoms with Gasteiger partial charge in [-0.2, -0.15) is 0 Å². The van der Waals surface area contributed by atoms with Crippen LogP contribution in [0.1, 0.15) is 30.5 Å². The van der Waals surface area contributed by atoms with Crippen LogP contribution in [0.4, 0.5) is 5.69 Å². The summed E-state index contributed by atoms with van der Waals surface area (Å²) in [5, 5.41) is 2.87. The Kier molecular flexibility index (Phi) is 8.27. The first-order chi connectivity index (χ1) is 14.0. The topological polar surface area (TPSA) is 73.9 Å². The fourth-order valence-corrected chi connectivity index (χ4v) is 2.96. The molecule has 0 saturated heterocycles. The standard InChI is InChI=1S/C23H27NO5/c1-5-16-9-7-10-17(6-2)22(16)24-20(25)15-29-21(26)14-13-18-11-8-12-19(27-3)23(18)28-4/h7-14H,5-6,15H2,1-4H3,(H,24,25)/b14-13+. The van der Waals surface area contributed by atoms with Gasteiger partial charge in [-0.3, -0.25) is 4.79 Å². The molecule has 0 unspecified atom stereocenters. The second-order valence-electron chi connectivity index (χ2n) is 6.23. The molecule has 29 heavy (non-hydrogen) atoms. The number of esters is 1. The molecule has 0 heterocycles. The summed E-state index contributed by atoms with van der Waals surface area (Å²) in [5.41, 5.74) is 3.57. The van der Waals surface area contributed by atoms with Gasteiger partial charge in [-0.15, -0.1) is 0 Å². The molecule has 0 aliphatic rings. The summed E-state index contributed by atoms with van der Waals surface area (Å²) in [6, 6.07) is 11.3. The highest BCUT2D eigenvalue weighted by molar-refractivity contribution is 5.95. The smallest absolute Gasteiger partial charge is 0.331 e. The molecule has 2 aromatic carbocycles. The van der Waals surface area contributed by atoms with Gasteiger partial charge >= 0.3 is 5.97 Å². The third-order valence-electron chi connectivity index (χ3n) is 4.44. The molecule has 0 bridgehead atoms. The maximum absolute atomic E-state index is 12.3. The van der Waals surface area contributed by atoms with E-state index in [1.807, 2.05) is 32.0 Å². The lowest BCUT2D eigenvalue weighted by molar-refractivity contribution is -0.142. The van der Waals surface area contributed by atoms with E-state index in [0.717, 1.165) is 29.7 Å². The lowest BCUT2D eigenvalue weighted by Crippen LogP contribution is -2.21. The number of amides is 1. The molecule has 2 aromatic rings. The maximum atomic E-state index is 12.3. The van der Waals surface area contributed by atoms with Crippen molar-refractivity contribution in [3.63, 3.8) is 0 Å². The zero-order valence-electron chi connectivity index (χ0n) is 17.3. The van der Waals surface area contributed by atoms with E-state index in [9.17, 15) is 9.59 Å². The van der Waals surface area contributed by atoms with Crippen molar-refractivity contribution in [3.05, 3.63) is 59.2 Å². The van der Waals surface area contributed by atoms with Gasteiger partial charge in [0.15, 0.2) is 18.1 Å². The number of carbonyl (C=O) groups is 2. The molecule has 6 heteroatoms. The number of anilines is 1. The monoisotopic (exact) mass is 397 g/mol. The molecule has 6 nitrogen and oxygen atoms in total. The summed E-state index contributed by atoms with van der Waals surface area (Å²) in [5.74, 6) is 0.0783. The second-order valence-corrected chi connectivity index (χ2v) is 6.23. The van der Waals surface area contributed by atoms with Gasteiger partial charge in [-0.1, -0.05) is 44.2 Å². The van der Waals surface area contributed by atoms with E-state index in [0.29, 0.717) is 17.1 Å². The van der Waals surface area contributed by atoms with Crippen LogP contribution in [0.3, 0.4) is 0 Å². The number of rotatable bonds is 9.